The fourth-order valence-corrected chi connectivity index (χ4v) is 3.65. The zero-order valence-electron chi connectivity index (χ0n) is 15.9. The Labute approximate surface area is 169 Å². The van der Waals surface area contributed by atoms with E-state index in [4.69, 9.17) is 4.74 Å². The largest absolute Gasteiger partial charge is 0.494 e. The van der Waals surface area contributed by atoms with Gasteiger partial charge in [0.15, 0.2) is 5.17 Å². The van der Waals surface area contributed by atoms with Gasteiger partial charge in [-0.2, -0.15) is 0 Å². The van der Waals surface area contributed by atoms with Crippen LogP contribution in [0.4, 0.5) is 11.4 Å². The van der Waals surface area contributed by atoms with Crippen LogP contribution in [0.3, 0.4) is 0 Å². The monoisotopic (exact) mass is 397 g/mol. The van der Waals surface area contributed by atoms with Gasteiger partial charge in [0.2, 0.25) is 11.8 Å². The average Bonchev–Trinajstić information content (AvgIpc) is 2.71. The van der Waals surface area contributed by atoms with Gasteiger partial charge in [-0.1, -0.05) is 36.9 Å². The molecule has 2 amide bonds. The van der Waals surface area contributed by atoms with Crippen LogP contribution in [0.5, 0.6) is 5.75 Å². The molecule has 1 aliphatic rings. The second-order valence-corrected chi connectivity index (χ2v) is 7.53. The van der Waals surface area contributed by atoms with Crippen LogP contribution in [0.15, 0.2) is 59.6 Å². The number of ether oxygens (including phenoxy) is 1. The third-order valence-corrected chi connectivity index (χ3v) is 5.38. The maximum Gasteiger partial charge on any atom is 0.238 e. The fraction of sp³-hybridized carbons (Fsp3) is 0.286. The molecule has 0 spiro atoms. The second-order valence-electron chi connectivity index (χ2n) is 6.36. The molecule has 2 aromatic rings. The van der Waals surface area contributed by atoms with Crippen LogP contribution in [-0.2, 0) is 9.59 Å². The highest BCUT2D eigenvalue weighted by Gasteiger charge is 2.34. The number of nitrogens with one attached hydrogen (secondary N) is 1. The van der Waals surface area contributed by atoms with Gasteiger partial charge in [0.25, 0.3) is 0 Å². The van der Waals surface area contributed by atoms with Crippen LogP contribution in [0, 0.1) is 0 Å². The number of amides is 2. The lowest BCUT2D eigenvalue weighted by Crippen LogP contribution is -2.43. The van der Waals surface area contributed by atoms with Gasteiger partial charge in [-0.15, -0.1) is 0 Å². The number of amidine groups is 1. The van der Waals surface area contributed by atoms with Crippen LogP contribution >= 0.6 is 11.8 Å². The Morgan fingerprint density at radius 2 is 1.93 bits per heavy atom. The molecule has 3 rings (SSSR count). The molecule has 1 aliphatic heterocycles. The molecule has 0 bridgehead atoms. The molecular formula is C21H23N3O3S. The predicted octanol–water partition coefficient (Wildman–Crippen LogP) is 4.07. The van der Waals surface area contributed by atoms with Crippen molar-refractivity contribution >= 4 is 40.1 Å². The first-order valence-electron chi connectivity index (χ1n) is 9.17. The normalized spacial score (nSPS) is 18.2. The zero-order valence-corrected chi connectivity index (χ0v) is 16.7. The Hall–Kier alpha value is -2.80. The van der Waals surface area contributed by atoms with Crippen molar-refractivity contribution in [2.24, 2.45) is 4.99 Å². The van der Waals surface area contributed by atoms with Gasteiger partial charge in [0, 0.05) is 19.2 Å². The molecule has 28 heavy (non-hydrogen) atoms. The number of thioether (sulfide) groups is 1. The van der Waals surface area contributed by atoms with Crippen molar-refractivity contribution in [2.75, 3.05) is 19.0 Å². The summed E-state index contributed by atoms with van der Waals surface area (Å²) in [5.41, 5.74) is 1.41. The summed E-state index contributed by atoms with van der Waals surface area (Å²) < 4.78 is 5.55. The number of carbonyl (C=O) groups excluding carboxylic acids is 2. The highest BCUT2D eigenvalue weighted by Crippen LogP contribution is 2.29. The summed E-state index contributed by atoms with van der Waals surface area (Å²) in [6.45, 7) is 2.70. The molecule has 7 heteroatoms. The van der Waals surface area contributed by atoms with Crippen molar-refractivity contribution in [3.8, 4) is 5.75 Å². The number of nitrogens with zero attached hydrogens (tertiary/aromatic N) is 2. The first-order chi connectivity index (χ1) is 13.6. The lowest BCUT2D eigenvalue weighted by molar-refractivity contribution is -0.128. The van der Waals surface area contributed by atoms with Crippen molar-refractivity contribution in [1.29, 1.82) is 0 Å². The van der Waals surface area contributed by atoms with Crippen LogP contribution in [-0.4, -0.2) is 40.8 Å². The third kappa shape index (κ3) is 5.13. The lowest BCUT2D eigenvalue weighted by Gasteiger charge is -2.28. The summed E-state index contributed by atoms with van der Waals surface area (Å²) in [4.78, 5) is 31.0. The van der Waals surface area contributed by atoms with Crippen LogP contribution < -0.4 is 10.1 Å². The smallest absolute Gasteiger partial charge is 0.238 e. The molecule has 1 saturated heterocycles. The molecule has 1 fully saturated rings. The molecule has 146 valence electrons. The molecule has 0 aromatic heterocycles. The molecule has 1 heterocycles. The molecule has 1 atom stereocenters. The Morgan fingerprint density at radius 3 is 2.61 bits per heavy atom. The van der Waals surface area contributed by atoms with Gasteiger partial charge >= 0.3 is 0 Å². The quantitative estimate of drug-likeness (QED) is 0.798. The van der Waals surface area contributed by atoms with E-state index in [9.17, 15) is 9.59 Å². The number of anilines is 1. The van der Waals surface area contributed by atoms with E-state index in [0.717, 1.165) is 17.9 Å². The van der Waals surface area contributed by atoms with Crippen molar-refractivity contribution in [3.05, 3.63) is 54.6 Å². The molecule has 6 nitrogen and oxygen atoms in total. The van der Waals surface area contributed by atoms with Crippen molar-refractivity contribution < 1.29 is 14.3 Å². The Morgan fingerprint density at radius 1 is 1.21 bits per heavy atom. The summed E-state index contributed by atoms with van der Waals surface area (Å²) in [5.74, 6) is 0.423. The number of hydrogen-bond acceptors (Lipinski definition) is 5. The van der Waals surface area contributed by atoms with Crippen LogP contribution in [0.25, 0.3) is 0 Å². The van der Waals surface area contributed by atoms with Gasteiger partial charge in [0.05, 0.1) is 12.3 Å². The van der Waals surface area contributed by atoms with E-state index >= 15 is 0 Å². The lowest BCUT2D eigenvalue weighted by atomic mass is 10.2. The van der Waals surface area contributed by atoms with Gasteiger partial charge < -0.3 is 10.1 Å². The van der Waals surface area contributed by atoms with Gasteiger partial charge in [-0.3, -0.25) is 14.5 Å². The number of hydrogen-bond donors (Lipinski definition) is 1. The maximum atomic E-state index is 12.7. The summed E-state index contributed by atoms with van der Waals surface area (Å²) in [5, 5.41) is 2.87. The van der Waals surface area contributed by atoms with E-state index in [0.29, 0.717) is 17.5 Å². The summed E-state index contributed by atoms with van der Waals surface area (Å²) in [7, 11) is 1.68. The average molecular weight is 398 g/mol. The number of benzene rings is 2. The van der Waals surface area contributed by atoms with Crippen molar-refractivity contribution in [2.45, 2.75) is 25.0 Å². The number of para-hydroxylation sites is 1. The van der Waals surface area contributed by atoms with E-state index in [1.807, 2.05) is 49.4 Å². The van der Waals surface area contributed by atoms with Crippen LogP contribution in [0.1, 0.15) is 19.8 Å². The Balaban J connectivity index is 1.67. The van der Waals surface area contributed by atoms with E-state index in [1.165, 1.54) is 16.7 Å². The minimum Gasteiger partial charge on any atom is -0.494 e. The molecule has 0 aliphatic carbocycles. The Kier molecular flexibility index (Phi) is 6.71. The molecule has 2 aromatic carbocycles. The first-order valence-corrected chi connectivity index (χ1v) is 10.1. The van der Waals surface area contributed by atoms with Gasteiger partial charge in [-0.05, 0) is 42.8 Å². The van der Waals surface area contributed by atoms with E-state index in [-0.39, 0.29) is 18.2 Å². The minimum absolute atomic E-state index is 0.128. The van der Waals surface area contributed by atoms with Crippen molar-refractivity contribution in [1.82, 2.24) is 4.90 Å². The third-order valence-electron chi connectivity index (χ3n) is 4.14. The van der Waals surface area contributed by atoms with Gasteiger partial charge in [0.1, 0.15) is 11.0 Å². The number of carbonyl (C=O) groups is 2. The SMILES string of the molecule is CCCOc1ccc(NC(=O)[C@H]2CC(=O)N(C)C(=Nc3ccccc3)S2)cc1. The highest BCUT2D eigenvalue weighted by atomic mass is 32.2. The Bertz CT molecular complexity index is 853. The number of rotatable bonds is 6. The molecule has 1 N–H and O–H groups in total. The highest BCUT2D eigenvalue weighted by molar-refractivity contribution is 8.15. The van der Waals surface area contributed by atoms with Crippen molar-refractivity contribution in [3.63, 3.8) is 0 Å². The van der Waals surface area contributed by atoms with E-state index < -0.39 is 5.25 Å². The summed E-state index contributed by atoms with van der Waals surface area (Å²) >= 11 is 1.30. The molecule has 0 saturated carbocycles. The first kappa shape index (κ1) is 19.9. The van der Waals surface area contributed by atoms with E-state index in [1.54, 1.807) is 19.2 Å². The summed E-state index contributed by atoms with van der Waals surface area (Å²) in [6, 6.07) is 16.6. The second kappa shape index (κ2) is 9.41. The number of aliphatic imine (C=N–C) groups is 1. The van der Waals surface area contributed by atoms with Crippen LogP contribution in [0.2, 0.25) is 0 Å². The zero-order chi connectivity index (χ0) is 19.9. The molecule has 0 radical (unpaired) electrons. The standard InChI is InChI=1S/C21H23N3O3S/c1-3-13-27-17-11-9-16(10-12-17)22-20(26)18-14-19(25)24(2)21(28-18)23-15-7-5-4-6-8-15/h4-12,18H,3,13-14H2,1-2H3,(H,22,26)/t18-/m1/s1. The predicted molar refractivity (Wildman–Crippen MR) is 113 cm³/mol. The summed E-state index contributed by atoms with van der Waals surface area (Å²) in [6.07, 6.45) is 1.07. The molecule has 0 unspecified atom stereocenters. The topological polar surface area (TPSA) is 71.0 Å². The molecular weight excluding hydrogens is 374 g/mol. The van der Waals surface area contributed by atoms with Gasteiger partial charge in [-0.25, -0.2) is 4.99 Å². The van der Waals surface area contributed by atoms with E-state index in [2.05, 4.69) is 10.3 Å². The fourth-order valence-electron chi connectivity index (χ4n) is 2.59. The minimum atomic E-state index is -0.526. The maximum absolute atomic E-state index is 12.7.